The molecule has 1 amide bonds. The summed E-state index contributed by atoms with van der Waals surface area (Å²) in [6.45, 7) is 1.66. The number of sulfonamides is 1. The molecule has 9 nitrogen and oxygen atoms in total. The molecule has 0 bridgehead atoms. The Morgan fingerprint density at radius 2 is 1.68 bits per heavy atom. The SMILES string of the molecule is COc1cc(S(=O)(=O)NC(=O)c2c(C)cnn2C)cc(OC)c1OC. The van der Waals surface area contributed by atoms with Crippen molar-refractivity contribution in [1.29, 1.82) is 0 Å². The lowest BCUT2D eigenvalue weighted by Gasteiger charge is -2.14. The summed E-state index contributed by atoms with van der Waals surface area (Å²) in [5, 5.41) is 3.92. The molecule has 1 N–H and O–H groups in total. The molecule has 0 radical (unpaired) electrons. The third kappa shape index (κ3) is 3.53. The van der Waals surface area contributed by atoms with Crippen LogP contribution in [-0.4, -0.2) is 45.4 Å². The number of ether oxygens (including phenoxy) is 3. The number of rotatable bonds is 6. The standard InChI is InChI=1S/C15H19N3O6S/c1-9-8-16-18(2)13(9)15(19)17-25(20,21)10-6-11(22-3)14(24-5)12(7-10)23-4/h6-8H,1-5H3,(H,17,19). The van der Waals surface area contributed by atoms with Crippen molar-refractivity contribution in [3.8, 4) is 17.2 Å². The summed E-state index contributed by atoms with van der Waals surface area (Å²) in [7, 11) is 1.52. The summed E-state index contributed by atoms with van der Waals surface area (Å²) >= 11 is 0. The molecular formula is C15H19N3O6S. The molecule has 0 unspecified atom stereocenters. The van der Waals surface area contributed by atoms with Gasteiger partial charge in [-0.1, -0.05) is 0 Å². The minimum Gasteiger partial charge on any atom is -0.493 e. The zero-order valence-electron chi connectivity index (χ0n) is 14.5. The number of amides is 1. The fourth-order valence-electron chi connectivity index (χ4n) is 2.31. The molecule has 2 rings (SSSR count). The molecule has 0 aliphatic rings. The third-order valence-electron chi connectivity index (χ3n) is 3.51. The van der Waals surface area contributed by atoms with Crippen LogP contribution in [0, 0.1) is 6.92 Å². The van der Waals surface area contributed by atoms with E-state index in [2.05, 4.69) is 5.10 Å². The van der Waals surface area contributed by atoms with Crippen molar-refractivity contribution in [3.05, 3.63) is 29.6 Å². The molecule has 0 saturated heterocycles. The van der Waals surface area contributed by atoms with Gasteiger partial charge in [0.2, 0.25) is 5.75 Å². The highest BCUT2D eigenvalue weighted by Crippen LogP contribution is 2.39. The molecule has 0 spiro atoms. The van der Waals surface area contributed by atoms with E-state index >= 15 is 0 Å². The van der Waals surface area contributed by atoms with Gasteiger partial charge < -0.3 is 14.2 Å². The second kappa shape index (κ2) is 7.01. The number of hydrogen-bond donors (Lipinski definition) is 1. The van der Waals surface area contributed by atoms with Gasteiger partial charge in [-0.2, -0.15) is 5.10 Å². The van der Waals surface area contributed by atoms with Crippen molar-refractivity contribution in [1.82, 2.24) is 14.5 Å². The number of carbonyl (C=O) groups is 1. The van der Waals surface area contributed by atoms with Crippen molar-refractivity contribution < 1.29 is 27.4 Å². The fraction of sp³-hybridized carbons (Fsp3) is 0.333. The van der Waals surface area contributed by atoms with Gasteiger partial charge in [0.25, 0.3) is 15.9 Å². The lowest BCUT2D eigenvalue weighted by atomic mass is 10.3. The maximum atomic E-state index is 12.6. The highest BCUT2D eigenvalue weighted by molar-refractivity contribution is 7.90. The lowest BCUT2D eigenvalue weighted by Crippen LogP contribution is -2.32. The van der Waals surface area contributed by atoms with Crippen LogP contribution in [0.5, 0.6) is 17.2 Å². The Labute approximate surface area is 145 Å². The number of hydrogen-bond acceptors (Lipinski definition) is 7. The number of carbonyl (C=O) groups excluding carboxylic acids is 1. The van der Waals surface area contributed by atoms with E-state index in [9.17, 15) is 13.2 Å². The molecule has 136 valence electrons. The van der Waals surface area contributed by atoms with Gasteiger partial charge in [-0.25, -0.2) is 13.1 Å². The van der Waals surface area contributed by atoms with Crippen LogP contribution in [0.4, 0.5) is 0 Å². The van der Waals surface area contributed by atoms with Gasteiger partial charge in [0.05, 0.1) is 32.4 Å². The Kier molecular flexibility index (Phi) is 5.21. The molecular weight excluding hydrogens is 350 g/mol. The van der Waals surface area contributed by atoms with E-state index in [0.717, 1.165) is 0 Å². The van der Waals surface area contributed by atoms with Crippen LogP contribution in [0.25, 0.3) is 0 Å². The highest BCUT2D eigenvalue weighted by Gasteiger charge is 2.25. The average Bonchev–Trinajstić information content (AvgIpc) is 2.91. The molecule has 0 aliphatic carbocycles. The van der Waals surface area contributed by atoms with Crippen molar-refractivity contribution in [3.63, 3.8) is 0 Å². The predicted octanol–water partition coefficient (Wildman–Crippen LogP) is 0.873. The van der Waals surface area contributed by atoms with Gasteiger partial charge in [-0.05, 0) is 6.92 Å². The van der Waals surface area contributed by atoms with Crippen molar-refractivity contribution >= 4 is 15.9 Å². The largest absolute Gasteiger partial charge is 0.493 e. The Morgan fingerprint density at radius 3 is 2.08 bits per heavy atom. The van der Waals surface area contributed by atoms with Gasteiger partial charge in [0, 0.05) is 24.7 Å². The Bertz CT molecular complexity index is 859. The second-order valence-corrected chi connectivity index (χ2v) is 6.78. The zero-order chi connectivity index (χ0) is 18.8. The Balaban J connectivity index is 2.45. The van der Waals surface area contributed by atoms with E-state index in [1.54, 1.807) is 14.0 Å². The van der Waals surface area contributed by atoms with E-state index in [-0.39, 0.29) is 27.8 Å². The zero-order valence-corrected chi connectivity index (χ0v) is 15.3. The van der Waals surface area contributed by atoms with Crippen LogP contribution in [-0.2, 0) is 17.1 Å². The maximum Gasteiger partial charge on any atom is 0.283 e. The fourth-order valence-corrected chi connectivity index (χ4v) is 3.30. The van der Waals surface area contributed by atoms with Gasteiger partial charge in [-0.15, -0.1) is 0 Å². The molecule has 1 heterocycles. The van der Waals surface area contributed by atoms with E-state index in [0.29, 0.717) is 5.56 Å². The summed E-state index contributed by atoms with van der Waals surface area (Å²) in [5.41, 5.74) is 0.705. The summed E-state index contributed by atoms with van der Waals surface area (Å²) in [6.07, 6.45) is 1.47. The predicted molar refractivity (Wildman–Crippen MR) is 88.7 cm³/mol. The quantitative estimate of drug-likeness (QED) is 0.805. The second-order valence-electron chi connectivity index (χ2n) is 5.10. The topological polar surface area (TPSA) is 109 Å². The molecule has 0 atom stereocenters. The summed E-state index contributed by atoms with van der Waals surface area (Å²) in [6, 6.07) is 2.49. The van der Waals surface area contributed by atoms with Gasteiger partial charge in [0.15, 0.2) is 11.5 Å². The molecule has 0 saturated carbocycles. The first kappa shape index (κ1) is 18.6. The van der Waals surface area contributed by atoms with Crippen molar-refractivity contribution in [2.75, 3.05) is 21.3 Å². The summed E-state index contributed by atoms with van der Waals surface area (Å²) in [4.78, 5) is 12.1. The van der Waals surface area contributed by atoms with Crippen LogP contribution >= 0.6 is 0 Å². The van der Waals surface area contributed by atoms with Crippen LogP contribution < -0.4 is 18.9 Å². The number of aryl methyl sites for hydroxylation is 2. The van der Waals surface area contributed by atoms with E-state index < -0.39 is 15.9 Å². The number of benzene rings is 1. The smallest absolute Gasteiger partial charge is 0.283 e. The molecule has 1 aromatic heterocycles. The van der Waals surface area contributed by atoms with Gasteiger partial charge in [-0.3, -0.25) is 9.48 Å². The summed E-state index contributed by atoms with van der Waals surface area (Å²) < 4.78 is 43.9. The Hall–Kier alpha value is -2.75. The van der Waals surface area contributed by atoms with Crippen molar-refractivity contribution in [2.45, 2.75) is 11.8 Å². The monoisotopic (exact) mass is 369 g/mol. The van der Waals surface area contributed by atoms with E-state index in [1.807, 2.05) is 4.72 Å². The minimum absolute atomic E-state index is 0.149. The third-order valence-corrected chi connectivity index (χ3v) is 4.82. The average molecular weight is 369 g/mol. The highest BCUT2D eigenvalue weighted by atomic mass is 32.2. The molecule has 1 aromatic carbocycles. The van der Waals surface area contributed by atoms with E-state index in [1.165, 1.54) is 44.3 Å². The molecule has 10 heteroatoms. The molecule has 0 fully saturated rings. The lowest BCUT2D eigenvalue weighted by molar-refractivity contribution is 0.0971. The minimum atomic E-state index is -4.17. The number of nitrogens with zero attached hydrogens (tertiary/aromatic N) is 2. The van der Waals surface area contributed by atoms with Crippen LogP contribution in [0.2, 0.25) is 0 Å². The Morgan fingerprint density at radius 1 is 1.12 bits per heavy atom. The maximum absolute atomic E-state index is 12.6. The summed E-state index contributed by atoms with van der Waals surface area (Å²) in [5.74, 6) is -0.221. The molecule has 25 heavy (non-hydrogen) atoms. The first-order valence-corrected chi connectivity index (χ1v) is 8.59. The van der Waals surface area contributed by atoms with Gasteiger partial charge in [0.1, 0.15) is 5.69 Å². The molecule has 2 aromatic rings. The molecule has 0 aliphatic heterocycles. The van der Waals surface area contributed by atoms with E-state index in [4.69, 9.17) is 14.2 Å². The van der Waals surface area contributed by atoms with Gasteiger partial charge >= 0.3 is 0 Å². The normalized spacial score (nSPS) is 11.1. The number of aromatic nitrogens is 2. The van der Waals surface area contributed by atoms with Crippen LogP contribution in [0.15, 0.2) is 23.2 Å². The first-order valence-electron chi connectivity index (χ1n) is 7.11. The first-order chi connectivity index (χ1) is 11.7. The number of methoxy groups -OCH3 is 3. The van der Waals surface area contributed by atoms with Crippen LogP contribution in [0.3, 0.4) is 0 Å². The van der Waals surface area contributed by atoms with Crippen LogP contribution in [0.1, 0.15) is 16.1 Å². The number of nitrogens with one attached hydrogen (secondary N) is 1. The van der Waals surface area contributed by atoms with Crippen molar-refractivity contribution in [2.24, 2.45) is 7.05 Å².